The number of phenolic OH excluding ortho intramolecular Hbond substituents is 1. The lowest BCUT2D eigenvalue weighted by atomic mass is 9.79. The van der Waals surface area contributed by atoms with Gasteiger partial charge in [0.05, 0.1) is 13.2 Å². The van der Waals surface area contributed by atoms with Gasteiger partial charge in [-0.1, -0.05) is 31.2 Å². The van der Waals surface area contributed by atoms with E-state index in [2.05, 4.69) is 79.2 Å². The third-order valence-corrected chi connectivity index (χ3v) is 9.08. The Morgan fingerprint density at radius 3 is 2.48 bits per heavy atom. The number of anilines is 1. The molecule has 0 saturated carbocycles. The van der Waals surface area contributed by atoms with Crippen LogP contribution in [0.5, 0.6) is 17.2 Å². The van der Waals surface area contributed by atoms with Crippen molar-refractivity contribution in [2.45, 2.75) is 83.4 Å². The highest BCUT2D eigenvalue weighted by Gasteiger charge is 2.26. The van der Waals surface area contributed by atoms with Crippen molar-refractivity contribution in [1.29, 1.82) is 0 Å². The number of benzene rings is 3. The standard InChI is InChI=1S/C35H46N2O3/c1-5-31(22-29-8-7-19-36(29)3)40-32-15-9-25(10-16-32)24-37(6-2)35-23-33(39-4)17-18-34(35)28-12-11-27-21-30(38)14-13-26(27)20-28/h9-10,13-18,21,23,28-29,31,38H,5-8,11-12,19-20,22,24H2,1-4H3. The molecule has 1 fully saturated rings. The Balaban J connectivity index is 1.30. The molecule has 0 bridgehead atoms. The van der Waals surface area contributed by atoms with E-state index in [1.165, 1.54) is 47.3 Å². The quantitative estimate of drug-likeness (QED) is 0.275. The molecule has 3 atom stereocenters. The molecule has 0 amide bonds. The number of aryl methyl sites for hydroxylation is 1. The topological polar surface area (TPSA) is 45.2 Å². The number of hydrogen-bond donors (Lipinski definition) is 1. The molecule has 3 aromatic rings. The first kappa shape index (κ1) is 28.4. The monoisotopic (exact) mass is 542 g/mol. The molecule has 40 heavy (non-hydrogen) atoms. The maximum Gasteiger partial charge on any atom is 0.120 e. The molecule has 5 nitrogen and oxygen atoms in total. The molecule has 2 aliphatic rings. The SMILES string of the molecule is CCC(CC1CCCN1C)Oc1ccc(CN(CC)c2cc(OC)ccc2C2CCc3cc(O)ccc3C2)cc1. The summed E-state index contributed by atoms with van der Waals surface area (Å²) in [5, 5.41) is 9.93. The zero-order valence-electron chi connectivity index (χ0n) is 24.7. The molecule has 0 radical (unpaired) electrons. The molecule has 1 N–H and O–H groups in total. The predicted octanol–water partition coefficient (Wildman–Crippen LogP) is 7.34. The highest BCUT2D eigenvalue weighted by molar-refractivity contribution is 5.60. The van der Waals surface area contributed by atoms with Gasteiger partial charge < -0.3 is 24.4 Å². The highest BCUT2D eigenvalue weighted by atomic mass is 16.5. The number of methoxy groups -OCH3 is 1. The Morgan fingerprint density at radius 2 is 1.77 bits per heavy atom. The first-order valence-corrected chi connectivity index (χ1v) is 15.2. The lowest BCUT2D eigenvalue weighted by molar-refractivity contribution is 0.147. The van der Waals surface area contributed by atoms with Crippen LogP contribution in [-0.2, 0) is 19.4 Å². The molecule has 5 heteroatoms. The van der Waals surface area contributed by atoms with Gasteiger partial charge in [-0.25, -0.2) is 0 Å². The zero-order valence-corrected chi connectivity index (χ0v) is 24.7. The summed E-state index contributed by atoms with van der Waals surface area (Å²) in [5.74, 6) is 2.66. The Morgan fingerprint density at radius 1 is 0.975 bits per heavy atom. The molecule has 5 rings (SSSR count). The van der Waals surface area contributed by atoms with E-state index < -0.39 is 0 Å². The molecule has 1 aliphatic heterocycles. The minimum atomic E-state index is 0.257. The second-order valence-corrected chi connectivity index (χ2v) is 11.6. The van der Waals surface area contributed by atoms with Crippen molar-refractivity contribution in [3.63, 3.8) is 0 Å². The van der Waals surface area contributed by atoms with Crippen molar-refractivity contribution in [2.24, 2.45) is 0 Å². The van der Waals surface area contributed by atoms with Gasteiger partial charge >= 0.3 is 0 Å². The number of phenols is 1. The predicted molar refractivity (Wildman–Crippen MR) is 164 cm³/mol. The van der Waals surface area contributed by atoms with Gasteiger partial charge in [0, 0.05) is 30.9 Å². The average Bonchev–Trinajstić information content (AvgIpc) is 3.39. The van der Waals surface area contributed by atoms with Crippen LogP contribution in [0.3, 0.4) is 0 Å². The van der Waals surface area contributed by atoms with Crippen molar-refractivity contribution in [3.8, 4) is 17.2 Å². The van der Waals surface area contributed by atoms with Gasteiger partial charge in [-0.05, 0) is 124 Å². The van der Waals surface area contributed by atoms with Crippen LogP contribution in [0, 0.1) is 0 Å². The van der Waals surface area contributed by atoms with Crippen LogP contribution in [-0.4, -0.2) is 49.4 Å². The first-order chi connectivity index (χ1) is 19.5. The lowest BCUT2D eigenvalue weighted by Crippen LogP contribution is -2.31. The van der Waals surface area contributed by atoms with Crippen LogP contribution in [0.1, 0.15) is 74.1 Å². The van der Waals surface area contributed by atoms with Crippen molar-refractivity contribution in [3.05, 3.63) is 82.9 Å². The minimum Gasteiger partial charge on any atom is -0.508 e. The smallest absolute Gasteiger partial charge is 0.120 e. The van der Waals surface area contributed by atoms with Gasteiger partial charge in [0.15, 0.2) is 0 Å². The van der Waals surface area contributed by atoms with E-state index in [9.17, 15) is 5.11 Å². The van der Waals surface area contributed by atoms with Crippen molar-refractivity contribution >= 4 is 5.69 Å². The Kier molecular flexibility index (Phi) is 9.21. The van der Waals surface area contributed by atoms with Gasteiger partial charge in [-0.2, -0.15) is 0 Å². The maximum absolute atomic E-state index is 9.93. The number of aromatic hydroxyl groups is 1. The molecule has 0 aromatic heterocycles. The Bertz CT molecular complexity index is 1260. The average molecular weight is 543 g/mol. The van der Waals surface area contributed by atoms with E-state index in [-0.39, 0.29) is 6.10 Å². The lowest BCUT2D eigenvalue weighted by Gasteiger charge is -2.32. The fourth-order valence-electron chi connectivity index (χ4n) is 6.61. The van der Waals surface area contributed by atoms with Crippen LogP contribution in [0.2, 0.25) is 0 Å². The van der Waals surface area contributed by atoms with E-state index in [0.717, 1.165) is 56.7 Å². The molecule has 3 unspecified atom stereocenters. The number of likely N-dealkylation sites (tertiary alicyclic amines) is 1. The zero-order chi connectivity index (χ0) is 28.1. The van der Waals surface area contributed by atoms with Gasteiger partial charge in [-0.15, -0.1) is 0 Å². The summed E-state index contributed by atoms with van der Waals surface area (Å²) >= 11 is 0. The third kappa shape index (κ3) is 6.58. The summed E-state index contributed by atoms with van der Waals surface area (Å²) in [6, 6.07) is 21.8. The summed E-state index contributed by atoms with van der Waals surface area (Å²) in [6.07, 6.45) is 8.03. The number of hydrogen-bond acceptors (Lipinski definition) is 5. The van der Waals surface area contributed by atoms with Gasteiger partial charge in [0.1, 0.15) is 17.2 Å². The van der Waals surface area contributed by atoms with E-state index in [1.54, 1.807) is 7.11 Å². The largest absolute Gasteiger partial charge is 0.508 e. The molecule has 0 spiro atoms. The van der Waals surface area contributed by atoms with Crippen molar-refractivity contribution in [1.82, 2.24) is 4.90 Å². The van der Waals surface area contributed by atoms with Gasteiger partial charge in [0.2, 0.25) is 0 Å². The number of fused-ring (bicyclic) bond motifs is 1. The molecule has 214 valence electrons. The number of nitrogens with zero attached hydrogens (tertiary/aromatic N) is 2. The van der Waals surface area contributed by atoms with E-state index in [0.29, 0.717) is 17.7 Å². The van der Waals surface area contributed by atoms with Crippen LogP contribution in [0.15, 0.2) is 60.7 Å². The number of rotatable bonds is 11. The van der Waals surface area contributed by atoms with E-state index >= 15 is 0 Å². The van der Waals surface area contributed by atoms with Crippen molar-refractivity contribution in [2.75, 3.05) is 32.1 Å². The molecule has 1 aliphatic carbocycles. The molecule has 1 saturated heterocycles. The van der Waals surface area contributed by atoms with Crippen LogP contribution in [0.4, 0.5) is 5.69 Å². The molecular weight excluding hydrogens is 496 g/mol. The van der Waals surface area contributed by atoms with Crippen LogP contribution < -0.4 is 14.4 Å². The minimum absolute atomic E-state index is 0.257. The third-order valence-electron chi connectivity index (χ3n) is 9.08. The Labute approximate surface area is 240 Å². The molecule has 3 aromatic carbocycles. The second kappa shape index (κ2) is 13.0. The van der Waals surface area contributed by atoms with Crippen molar-refractivity contribution < 1.29 is 14.6 Å². The summed E-state index contributed by atoms with van der Waals surface area (Å²) in [6.45, 7) is 7.40. The fourth-order valence-corrected chi connectivity index (χ4v) is 6.61. The summed E-state index contributed by atoms with van der Waals surface area (Å²) in [5.41, 5.74) is 6.53. The summed E-state index contributed by atoms with van der Waals surface area (Å²) < 4.78 is 12.1. The highest BCUT2D eigenvalue weighted by Crippen LogP contribution is 2.40. The second-order valence-electron chi connectivity index (χ2n) is 11.6. The van der Waals surface area contributed by atoms with Crippen LogP contribution in [0.25, 0.3) is 0 Å². The van der Waals surface area contributed by atoms with E-state index in [4.69, 9.17) is 9.47 Å². The van der Waals surface area contributed by atoms with E-state index in [1.807, 2.05) is 12.1 Å². The Hall–Kier alpha value is -3.18. The van der Waals surface area contributed by atoms with Gasteiger partial charge in [-0.3, -0.25) is 0 Å². The summed E-state index contributed by atoms with van der Waals surface area (Å²) in [7, 11) is 3.98. The fraction of sp³-hybridized carbons (Fsp3) is 0.486. The first-order valence-electron chi connectivity index (χ1n) is 15.2. The molecule has 1 heterocycles. The molecular formula is C35H46N2O3. The maximum atomic E-state index is 9.93. The summed E-state index contributed by atoms with van der Waals surface area (Å²) in [4.78, 5) is 4.95. The van der Waals surface area contributed by atoms with Gasteiger partial charge in [0.25, 0.3) is 0 Å². The normalized spacial score (nSPS) is 19.7. The van der Waals surface area contributed by atoms with Crippen LogP contribution >= 0.6 is 0 Å². The number of ether oxygens (including phenoxy) is 2.